The fraction of sp³-hybridized carbons (Fsp3) is 0.462. The molecule has 0 aliphatic heterocycles. The van der Waals surface area contributed by atoms with Crippen molar-refractivity contribution in [2.75, 3.05) is 7.05 Å². The van der Waals surface area contributed by atoms with Crippen LogP contribution in [0.25, 0.3) is 10.2 Å². The number of hydrogen-bond donors (Lipinski definition) is 0. The zero-order valence-corrected chi connectivity index (χ0v) is 11.1. The van der Waals surface area contributed by atoms with Gasteiger partial charge < -0.3 is 0 Å². The van der Waals surface area contributed by atoms with E-state index in [1.807, 2.05) is 6.07 Å². The fourth-order valence-corrected chi connectivity index (χ4v) is 2.45. The highest BCUT2D eigenvalue weighted by molar-refractivity contribution is 7.18. The van der Waals surface area contributed by atoms with E-state index in [-0.39, 0.29) is 5.54 Å². The summed E-state index contributed by atoms with van der Waals surface area (Å²) in [6.45, 7) is 7.59. The number of fused-ring (bicyclic) bond motifs is 1. The number of para-hydroxylation sites is 1. The summed E-state index contributed by atoms with van der Waals surface area (Å²) in [6, 6.07) is 8.32. The summed E-state index contributed by atoms with van der Waals surface area (Å²) in [6.07, 6.45) is 0. The quantitative estimate of drug-likeness (QED) is 0.790. The fourth-order valence-electron chi connectivity index (χ4n) is 1.43. The van der Waals surface area contributed by atoms with E-state index in [1.54, 1.807) is 11.3 Å². The molecule has 0 aliphatic rings. The van der Waals surface area contributed by atoms with Crippen molar-refractivity contribution >= 4 is 21.6 Å². The van der Waals surface area contributed by atoms with Gasteiger partial charge in [0, 0.05) is 5.54 Å². The van der Waals surface area contributed by atoms with Crippen molar-refractivity contribution in [1.29, 1.82) is 0 Å². The molecule has 2 aromatic rings. The molecule has 3 heteroatoms. The van der Waals surface area contributed by atoms with Gasteiger partial charge in [-0.3, -0.25) is 4.90 Å². The molecule has 1 aromatic heterocycles. The molecule has 2 nitrogen and oxygen atoms in total. The van der Waals surface area contributed by atoms with Crippen LogP contribution in [0.1, 0.15) is 25.8 Å². The summed E-state index contributed by atoms with van der Waals surface area (Å²) in [7, 11) is 2.14. The lowest BCUT2D eigenvalue weighted by Crippen LogP contribution is -2.37. The topological polar surface area (TPSA) is 16.1 Å². The average Bonchev–Trinajstić information content (AvgIpc) is 2.58. The molecule has 0 saturated heterocycles. The smallest absolute Gasteiger partial charge is 0.108 e. The van der Waals surface area contributed by atoms with Crippen molar-refractivity contribution in [2.24, 2.45) is 0 Å². The van der Waals surface area contributed by atoms with Crippen LogP contribution in [0.2, 0.25) is 0 Å². The minimum Gasteiger partial charge on any atom is -0.295 e. The summed E-state index contributed by atoms with van der Waals surface area (Å²) >= 11 is 1.79. The van der Waals surface area contributed by atoms with E-state index in [0.717, 1.165) is 12.1 Å². The SMILES string of the molecule is CN(Cc1nc2ccccc2s1)C(C)(C)C. The summed E-state index contributed by atoms with van der Waals surface area (Å²) < 4.78 is 1.28. The monoisotopic (exact) mass is 234 g/mol. The van der Waals surface area contributed by atoms with Gasteiger partial charge >= 0.3 is 0 Å². The van der Waals surface area contributed by atoms with Crippen molar-refractivity contribution in [1.82, 2.24) is 9.88 Å². The van der Waals surface area contributed by atoms with Crippen LogP contribution in [0.15, 0.2) is 24.3 Å². The first-order valence-electron chi connectivity index (χ1n) is 5.52. The summed E-state index contributed by atoms with van der Waals surface area (Å²) in [5.74, 6) is 0. The van der Waals surface area contributed by atoms with Gasteiger partial charge in [0.15, 0.2) is 0 Å². The average molecular weight is 234 g/mol. The van der Waals surface area contributed by atoms with Crippen LogP contribution in [0.5, 0.6) is 0 Å². The van der Waals surface area contributed by atoms with Gasteiger partial charge in [-0.05, 0) is 40.0 Å². The molecule has 0 spiro atoms. The molecule has 86 valence electrons. The van der Waals surface area contributed by atoms with Crippen LogP contribution in [-0.2, 0) is 6.54 Å². The molecule has 1 aromatic carbocycles. The molecule has 0 unspecified atom stereocenters. The van der Waals surface area contributed by atoms with Crippen LogP contribution >= 0.6 is 11.3 Å². The maximum absolute atomic E-state index is 4.64. The van der Waals surface area contributed by atoms with Gasteiger partial charge in [-0.2, -0.15) is 0 Å². The third kappa shape index (κ3) is 2.42. The Bertz CT molecular complexity index is 449. The van der Waals surface area contributed by atoms with Crippen molar-refractivity contribution in [3.8, 4) is 0 Å². The van der Waals surface area contributed by atoms with Crippen LogP contribution < -0.4 is 0 Å². The Morgan fingerprint density at radius 2 is 1.94 bits per heavy atom. The van der Waals surface area contributed by atoms with Crippen LogP contribution in [0.3, 0.4) is 0 Å². The Morgan fingerprint density at radius 3 is 2.56 bits per heavy atom. The zero-order chi connectivity index (χ0) is 11.8. The van der Waals surface area contributed by atoms with Gasteiger partial charge in [0.2, 0.25) is 0 Å². The molecule has 1 heterocycles. The minimum atomic E-state index is 0.192. The van der Waals surface area contributed by atoms with Crippen LogP contribution in [0, 0.1) is 0 Å². The second kappa shape index (κ2) is 4.15. The first-order valence-corrected chi connectivity index (χ1v) is 6.34. The lowest BCUT2D eigenvalue weighted by Gasteiger charge is -2.30. The predicted molar refractivity (Wildman–Crippen MR) is 70.8 cm³/mol. The number of thiazole rings is 1. The lowest BCUT2D eigenvalue weighted by molar-refractivity contribution is 0.167. The van der Waals surface area contributed by atoms with Crippen LogP contribution in [-0.4, -0.2) is 22.5 Å². The normalized spacial score (nSPS) is 12.6. The van der Waals surface area contributed by atoms with Gasteiger partial charge in [0.1, 0.15) is 5.01 Å². The van der Waals surface area contributed by atoms with Crippen molar-refractivity contribution in [3.63, 3.8) is 0 Å². The van der Waals surface area contributed by atoms with E-state index < -0.39 is 0 Å². The van der Waals surface area contributed by atoms with Crippen molar-refractivity contribution in [3.05, 3.63) is 29.3 Å². The van der Waals surface area contributed by atoms with E-state index in [2.05, 4.69) is 55.9 Å². The highest BCUT2D eigenvalue weighted by Crippen LogP contribution is 2.24. The van der Waals surface area contributed by atoms with E-state index in [4.69, 9.17) is 0 Å². The van der Waals surface area contributed by atoms with Gasteiger partial charge in [0.05, 0.1) is 16.8 Å². The Kier molecular flexibility index (Phi) is 3.00. The Hall–Kier alpha value is -0.930. The number of hydrogen-bond acceptors (Lipinski definition) is 3. The Morgan fingerprint density at radius 1 is 1.25 bits per heavy atom. The molecule has 2 rings (SSSR count). The summed E-state index contributed by atoms with van der Waals surface area (Å²) in [5.41, 5.74) is 1.31. The molecule has 0 atom stereocenters. The maximum atomic E-state index is 4.64. The predicted octanol–water partition coefficient (Wildman–Crippen LogP) is 3.53. The minimum absolute atomic E-state index is 0.192. The van der Waals surface area contributed by atoms with E-state index in [9.17, 15) is 0 Å². The summed E-state index contributed by atoms with van der Waals surface area (Å²) in [5, 5.41) is 1.19. The van der Waals surface area contributed by atoms with E-state index in [0.29, 0.717) is 0 Å². The van der Waals surface area contributed by atoms with Crippen molar-refractivity contribution in [2.45, 2.75) is 32.9 Å². The van der Waals surface area contributed by atoms with E-state index in [1.165, 1.54) is 9.71 Å². The standard InChI is InChI=1S/C13H18N2S/c1-13(2,3)15(4)9-12-14-10-7-5-6-8-11(10)16-12/h5-8H,9H2,1-4H3. The highest BCUT2D eigenvalue weighted by Gasteiger charge is 2.18. The molecule has 0 radical (unpaired) electrons. The molecule has 0 N–H and O–H groups in total. The zero-order valence-electron chi connectivity index (χ0n) is 10.3. The third-order valence-electron chi connectivity index (χ3n) is 2.86. The molecule has 0 fully saturated rings. The first-order chi connectivity index (χ1) is 7.47. The van der Waals surface area contributed by atoms with Gasteiger partial charge in [0.25, 0.3) is 0 Å². The van der Waals surface area contributed by atoms with E-state index >= 15 is 0 Å². The molecule has 0 amide bonds. The second-order valence-corrected chi connectivity index (χ2v) is 6.22. The third-order valence-corrected chi connectivity index (χ3v) is 3.88. The van der Waals surface area contributed by atoms with Crippen molar-refractivity contribution < 1.29 is 0 Å². The number of benzene rings is 1. The largest absolute Gasteiger partial charge is 0.295 e. The first kappa shape index (κ1) is 11.6. The van der Waals surface area contributed by atoms with Gasteiger partial charge in [-0.15, -0.1) is 11.3 Å². The van der Waals surface area contributed by atoms with Gasteiger partial charge in [-0.25, -0.2) is 4.98 Å². The van der Waals surface area contributed by atoms with Crippen LogP contribution in [0.4, 0.5) is 0 Å². The number of rotatable bonds is 2. The number of nitrogens with zero attached hydrogens (tertiary/aromatic N) is 2. The molecule has 0 saturated carbocycles. The molecular weight excluding hydrogens is 216 g/mol. The molecule has 0 aliphatic carbocycles. The summed E-state index contributed by atoms with van der Waals surface area (Å²) in [4.78, 5) is 6.97. The lowest BCUT2D eigenvalue weighted by atomic mass is 10.1. The number of aromatic nitrogens is 1. The maximum Gasteiger partial charge on any atom is 0.108 e. The molecule has 0 bridgehead atoms. The van der Waals surface area contributed by atoms with Gasteiger partial charge in [-0.1, -0.05) is 12.1 Å². The molecular formula is C13H18N2S. The Labute approximate surface area is 101 Å². The highest BCUT2D eigenvalue weighted by atomic mass is 32.1. The second-order valence-electron chi connectivity index (χ2n) is 5.10. The molecule has 16 heavy (non-hydrogen) atoms. The Balaban J connectivity index is 2.22.